The number of nitrogens with two attached hydrogens (primary N) is 2. The molecular formula is C28H28BrFN6O2. The van der Waals surface area contributed by atoms with Gasteiger partial charge in [0.25, 0.3) is 0 Å². The number of nitrogens with one attached hydrogen (secondary N) is 1. The highest BCUT2D eigenvalue weighted by Crippen LogP contribution is 2.35. The number of allylic oxidation sites excluding steroid dienone is 2. The molecule has 0 atom stereocenters. The Balaban J connectivity index is 1.51. The quantitative estimate of drug-likeness (QED) is 0.221. The number of hydrogen-bond acceptors (Lipinski definition) is 8. The highest BCUT2D eigenvalue weighted by atomic mass is 79.9. The van der Waals surface area contributed by atoms with Crippen molar-refractivity contribution in [1.29, 1.82) is 0 Å². The van der Waals surface area contributed by atoms with Crippen molar-refractivity contribution in [3.05, 3.63) is 89.1 Å². The van der Waals surface area contributed by atoms with Crippen LogP contribution in [0.5, 0.6) is 11.5 Å². The molecule has 3 aromatic rings. The third-order valence-electron chi connectivity index (χ3n) is 5.91. The maximum atomic E-state index is 15.3. The molecule has 0 amide bonds. The fraction of sp³-hybridized carbons (Fsp3) is 0.143. The van der Waals surface area contributed by atoms with Gasteiger partial charge in [-0.2, -0.15) is 5.12 Å². The van der Waals surface area contributed by atoms with Crippen molar-refractivity contribution in [2.24, 2.45) is 10.7 Å². The number of ether oxygens (including phenoxy) is 2. The Kier molecular flexibility index (Phi) is 8.65. The number of rotatable bonds is 9. The van der Waals surface area contributed by atoms with Gasteiger partial charge in [0.15, 0.2) is 11.5 Å². The van der Waals surface area contributed by atoms with Crippen LogP contribution in [0.3, 0.4) is 0 Å². The lowest BCUT2D eigenvalue weighted by Crippen LogP contribution is -2.19. The summed E-state index contributed by atoms with van der Waals surface area (Å²) < 4.78 is 26.7. The molecule has 8 nitrogen and oxygen atoms in total. The number of nitrogen functional groups attached to an aromatic ring is 1. The van der Waals surface area contributed by atoms with Gasteiger partial charge in [0, 0.05) is 48.6 Å². The number of benzene rings is 2. The summed E-state index contributed by atoms with van der Waals surface area (Å²) >= 11 is 3.27. The summed E-state index contributed by atoms with van der Waals surface area (Å²) in [5.41, 5.74) is 16.7. The molecule has 1 aliphatic heterocycles. The van der Waals surface area contributed by atoms with E-state index in [4.69, 9.17) is 20.9 Å². The van der Waals surface area contributed by atoms with E-state index in [1.165, 1.54) is 6.20 Å². The van der Waals surface area contributed by atoms with E-state index in [1.54, 1.807) is 45.0 Å². The van der Waals surface area contributed by atoms with E-state index in [2.05, 4.69) is 31.2 Å². The largest absolute Gasteiger partial charge is 0.493 e. The summed E-state index contributed by atoms with van der Waals surface area (Å²) in [6.07, 6.45) is 8.60. The Morgan fingerprint density at radius 3 is 2.53 bits per heavy atom. The average molecular weight is 579 g/mol. The molecule has 1 aromatic heterocycles. The van der Waals surface area contributed by atoms with Gasteiger partial charge >= 0.3 is 0 Å². The minimum Gasteiger partial charge on any atom is -0.493 e. The van der Waals surface area contributed by atoms with E-state index in [9.17, 15) is 0 Å². The minimum absolute atomic E-state index is 0.379. The predicted molar refractivity (Wildman–Crippen MR) is 155 cm³/mol. The number of halogens is 2. The molecule has 0 spiro atoms. The Labute approximate surface area is 229 Å². The molecule has 0 saturated carbocycles. The van der Waals surface area contributed by atoms with Crippen molar-refractivity contribution in [2.75, 3.05) is 31.6 Å². The molecule has 0 aliphatic carbocycles. The first-order chi connectivity index (χ1) is 18.4. The highest BCUT2D eigenvalue weighted by Gasteiger charge is 2.17. The SMILES string of the molecule is COc1ccc(-c2cnc(N)c(-c3ccc(N(F)C4=CNC=C(CN=C/C(Br)=C\N)C4)cc3)c2)cc1OC. The zero-order valence-electron chi connectivity index (χ0n) is 21.0. The third kappa shape index (κ3) is 6.15. The average Bonchev–Trinajstić information content (AvgIpc) is 2.96. The van der Waals surface area contributed by atoms with E-state index < -0.39 is 0 Å². The number of dihydropyridines is 1. The molecule has 0 radical (unpaired) electrons. The van der Waals surface area contributed by atoms with Crippen LogP contribution in [0.2, 0.25) is 0 Å². The van der Waals surface area contributed by atoms with Crippen LogP contribution in [0.4, 0.5) is 16.0 Å². The second-order valence-electron chi connectivity index (χ2n) is 8.36. The van der Waals surface area contributed by atoms with Crippen molar-refractivity contribution in [3.63, 3.8) is 0 Å². The van der Waals surface area contributed by atoms with Crippen LogP contribution >= 0.6 is 15.9 Å². The molecule has 5 N–H and O–H groups in total. The lowest BCUT2D eigenvalue weighted by Gasteiger charge is -2.21. The van der Waals surface area contributed by atoms with Gasteiger partial charge in [0.1, 0.15) is 5.82 Å². The first-order valence-electron chi connectivity index (χ1n) is 11.7. The van der Waals surface area contributed by atoms with Crippen LogP contribution in [0.1, 0.15) is 6.42 Å². The van der Waals surface area contributed by atoms with Gasteiger partial charge in [-0.3, -0.25) is 4.99 Å². The van der Waals surface area contributed by atoms with Crippen LogP contribution in [0.25, 0.3) is 22.3 Å². The van der Waals surface area contributed by atoms with Crippen LogP contribution in [0.15, 0.2) is 94.1 Å². The predicted octanol–water partition coefficient (Wildman–Crippen LogP) is 5.69. The molecule has 1 aliphatic rings. The van der Waals surface area contributed by atoms with Gasteiger partial charge in [-0.25, -0.2) is 4.98 Å². The lowest BCUT2D eigenvalue weighted by atomic mass is 10.0. The van der Waals surface area contributed by atoms with Gasteiger partial charge < -0.3 is 26.3 Å². The molecule has 2 heterocycles. The third-order valence-corrected chi connectivity index (χ3v) is 6.38. The number of nitrogens with zero attached hydrogens (tertiary/aromatic N) is 3. The van der Waals surface area contributed by atoms with Gasteiger partial charge in [-0.15, -0.1) is 0 Å². The zero-order valence-corrected chi connectivity index (χ0v) is 22.6. The number of aromatic nitrogens is 1. The lowest BCUT2D eigenvalue weighted by molar-refractivity contribution is 0.355. The van der Waals surface area contributed by atoms with Crippen molar-refractivity contribution < 1.29 is 14.0 Å². The van der Waals surface area contributed by atoms with Crippen LogP contribution in [0, 0.1) is 0 Å². The van der Waals surface area contributed by atoms with E-state index in [1.807, 2.05) is 42.6 Å². The molecule has 0 bridgehead atoms. The topological polar surface area (TPSA) is 111 Å². The molecule has 2 aromatic carbocycles. The summed E-state index contributed by atoms with van der Waals surface area (Å²) in [5, 5.41) is 3.65. The molecule has 10 heteroatoms. The number of methoxy groups -OCH3 is 2. The van der Waals surface area contributed by atoms with Gasteiger partial charge in [-0.05, 0) is 63.0 Å². The Bertz CT molecular complexity index is 1420. The fourth-order valence-electron chi connectivity index (χ4n) is 3.93. The molecule has 0 fully saturated rings. The Morgan fingerprint density at radius 2 is 1.82 bits per heavy atom. The second-order valence-corrected chi connectivity index (χ2v) is 9.27. The van der Waals surface area contributed by atoms with E-state index >= 15 is 4.48 Å². The van der Waals surface area contributed by atoms with E-state index in [-0.39, 0.29) is 0 Å². The summed E-state index contributed by atoms with van der Waals surface area (Å²) in [5.74, 6) is 1.64. The Morgan fingerprint density at radius 1 is 1.08 bits per heavy atom. The normalized spacial score (nSPS) is 13.5. The summed E-state index contributed by atoms with van der Waals surface area (Å²) in [6.45, 7) is 0.419. The van der Waals surface area contributed by atoms with Crippen molar-refractivity contribution >= 4 is 33.6 Å². The standard InChI is InChI=1S/C28H28BrFN6O2/c1-37-26-8-5-20(11-27(26)38-2)21-10-25(28(32)35-15-21)19-3-6-23(7-4-19)36(30)24-9-18(14-34-17-24)13-33-16-22(29)12-31/h3-8,10-12,14-17,34H,9,13,31H2,1-2H3,(H2,32,35)/b22-12+,33-16?. The minimum atomic E-state index is 0.379. The number of aliphatic imine (C=N–C) groups is 1. The first kappa shape index (κ1) is 26.7. The fourth-order valence-corrected chi connectivity index (χ4v) is 4.07. The molecule has 4 rings (SSSR count). The van der Waals surface area contributed by atoms with Crippen LogP contribution < -0.4 is 31.4 Å². The van der Waals surface area contributed by atoms with Gasteiger partial charge in [-0.1, -0.05) is 22.7 Å². The summed E-state index contributed by atoms with van der Waals surface area (Å²) in [7, 11) is 3.19. The summed E-state index contributed by atoms with van der Waals surface area (Å²) in [6, 6.07) is 14.7. The van der Waals surface area contributed by atoms with Crippen LogP contribution in [-0.2, 0) is 0 Å². The maximum Gasteiger partial charge on any atom is 0.161 e. The van der Waals surface area contributed by atoms with Crippen LogP contribution in [-0.4, -0.2) is 32.0 Å². The maximum absolute atomic E-state index is 15.3. The smallest absolute Gasteiger partial charge is 0.161 e. The van der Waals surface area contributed by atoms with Crippen molar-refractivity contribution in [1.82, 2.24) is 10.3 Å². The zero-order chi connectivity index (χ0) is 27.1. The number of pyridine rings is 1. The van der Waals surface area contributed by atoms with Gasteiger partial charge in [0.2, 0.25) is 0 Å². The van der Waals surface area contributed by atoms with E-state index in [0.29, 0.717) is 51.3 Å². The van der Waals surface area contributed by atoms with Gasteiger partial charge in [0.05, 0.1) is 36.6 Å². The second kappa shape index (κ2) is 12.3. The summed E-state index contributed by atoms with van der Waals surface area (Å²) in [4.78, 5) is 8.69. The van der Waals surface area contributed by atoms with Crippen molar-refractivity contribution in [3.8, 4) is 33.8 Å². The molecule has 196 valence electrons. The molecule has 0 saturated heterocycles. The highest BCUT2D eigenvalue weighted by molar-refractivity contribution is 9.12. The van der Waals surface area contributed by atoms with Crippen molar-refractivity contribution in [2.45, 2.75) is 6.42 Å². The Hall–Kier alpha value is -4.31. The monoisotopic (exact) mass is 578 g/mol. The first-order valence-corrected chi connectivity index (χ1v) is 12.5. The van der Waals surface area contributed by atoms with E-state index in [0.717, 1.165) is 27.8 Å². The molecular weight excluding hydrogens is 551 g/mol. The molecule has 0 unspecified atom stereocenters. The number of hydrogen-bond donors (Lipinski definition) is 3. The molecule has 38 heavy (non-hydrogen) atoms. The number of anilines is 2.